The standard InChI is InChI=1S/C12H6N6/c13-5-7-9(6-14)17-12-16-8-3-1-2-4-10(8)18(12)11(7)15/h1-4H,15H2. The topological polar surface area (TPSA) is 104 Å². The zero-order valence-electron chi connectivity index (χ0n) is 9.12. The number of benzene rings is 1. The number of nitriles is 2. The van der Waals surface area contributed by atoms with Crippen LogP contribution in [-0.4, -0.2) is 14.4 Å². The van der Waals surface area contributed by atoms with Gasteiger partial charge in [0, 0.05) is 0 Å². The predicted molar refractivity (Wildman–Crippen MR) is 64.3 cm³/mol. The maximum atomic E-state index is 9.04. The molecule has 0 aliphatic rings. The van der Waals surface area contributed by atoms with Gasteiger partial charge in [0.25, 0.3) is 0 Å². The molecule has 0 saturated heterocycles. The lowest BCUT2D eigenvalue weighted by Crippen LogP contribution is -2.05. The lowest BCUT2D eigenvalue weighted by molar-refractivity contribution is 1.11. The molecule has 0 radical (unpaired) electrons. The van der Waals surface area contributed by atoms with Gasteiger partial charge in [0.15, 0.2) is 5.69 Å². The number of hydrogen-bond donors (Lipinski definition) is 1. The van der Waals surface area contributed by atoms with E-state index >= 15 is 0 Å². The minimum atomic E-state index is -0.00203. The Morgan fingerprint density at radius 3 is 2.61 bits per heavy atom. The van der Waals surface area contributed by atoms with E-state index in [9.17, 15) is 0 Å². The van der Waals surface area contributed by atoms with E-state index < -0.39 is 0 Å². The minimum absolute atomic E-state index is 0.00203. The number of imidazole rings is 1. The highest BCUT2D eigenvalue weighted by molar-refractivity contribution is 5.82. The summed E-state index contributed by atoms with van der Waals surface area (Å²) in [5, 5.41) is 18.0. The highest BCUT2D eigenvalue weighted by Gasteiger charge is 2.15. The van der Waals surface area contributed by atoms with Crippen molar-refractivity contribution in [1.29, 1.82) is 10.5 Å². The molecule has 84 valence electrons. The van der Waals surface area contributed by atoms with Gasteiger partial charge in [0.2, 0.25) is 5.78 Å². The van der Waals surface area contributed by atoms with Crippen molar-refractivity contribution in [3.8, 4) is 12.1 Å². The zero-order valence-corrected chi connectivity index (χ0v) is 9.12. The Labute approximate surface area is 102 Å². The average molecular weight is 234 g/mol. The number of nitrogen functional groups attached to an aromatic ring is 1. The van der Waals surface area contributed by atoms with Crippen molar-refractivity contribution in [2.75, 3.05) is 5.73 Å². The number of nitrogens with zero attached hydrogens (tertiary/aromatic N) is 5. The molecular formula is C12H6N6. The van der Waals surface area contributed by atoms with Crippen LogP contribution < -0.4 is 5.73 Å². The molecule has 0 bridgehead atoms. The third-order valence-electron chi connectivity index (χ3n) is 2.71. The van der Waals surface area contributed by atoms with Gasteiger partial charge in [-0.1, -0.05) is 12.1 Å². The summed E-state index contributed by atoms with van der Waals surface area (Å²) >= 11 is 0. The lowest BCUT2D eigenvalue weighted by Gasteiger charge is -2.03. The van der Waals surface area contributed by atoms with Crippen LogP contribution in [0.4, 0.5) is 5.82 Å². The van der Waals surface area contributed by atoms with Crippen LogP contribution in [0.3, 0.4) is 0 Å². The number of nitrogens with two attached hydrogens (primary N) is 1. The van der Waals surface area contributed by atoms with Crippen LogP contribution in [0.15, 0.2) is 24.3 Å². The monoisotopic (exact) mass is 234 g/mol. The summed E-state index contributed by atoms with van der Waals surface area (Å²) in [5.41, 5.74) is 7.48. The third-order valence-corrected chi connectivity index (χ3v) is 2.71. The van der Waals surface area contributed by atoms with Gasteiger partial charge >= 0.3 is 0 Å². The van der Waals surface area contributed by atoms with Gasteiger partial charge in [-0.2, -0.15) is 15.5 Å². The molecule has 0 fully saturated rings. The Morgan fingerprint density at radius 2 is 1.89 bits per heavy atom. The first-order valence-electron chi connectivity index (χ1n) is 5.13. The van der Waals surface area contributed by atoms with Crippen molar-refractivity contribution in [3.05, 3.63) is 35.5 Å². The van der Waals surface area contributed by atoms with Crippen molar-refractivity contribution in [2.24, 2.45) is 0 Å². The van der Waals surface area contributed by atoms with E-state index in [1.807, 2.05) is 36.4 Å². The summed E-state index contributed by atoms with van der Waals surface area (Å²) in [4.78, 5) is 8.32. The second-order valence-electron chi connectivity index (χ2n) is 3.68. The van der Waals surface area contributed by atoms with Crippen LogP contribution in [0.5, 0.6) is 0 Å². The van der Waals surface area contributed by atoms with E-state index in [0.717, 1.165) is 11.0 Å². The first-order chi connectivity index (χ1) is 8.76. The molecule has 6 heteroatoms. The SMILES string of the molecule is N#Cc1nc2nc3ccccc3n2c(N)c1C#N. The molecule has 3 rings (SSSR count). The molecule has 0 saturated carbocycles. The van der Waals surface area contributed by atoms with Crippen molar-refractivity contribution < 1.29 is 0 Å². The Morgan fingerprint density at radius 1 is 1.11 bits per heavy atom. The molecule has 0 atom stereocenters. The zero-order chi connectivity index (χ0) is 12.7. The van der Waals surface area contributed by atoms with Gasteiger partial charge < -0.3 is 5.73 Å². The van der Waals surface area contributed by atoms with Crippen molar-refractivity contribution in [1.82, 2.24) is 14.4 Å². The van der Waals surface area contributed by atoms with Crippen LogP contribution in [0.25, 0.3) is 16.8 Å². The molecule has 0 aliphatic carbocycles. The maximum Gasteiger partial charge on any atom is 0.237 e. The first kappa shape index (κ1) is 10.1. The van der Waals surface area contributed by atoms with Crippen molar-refractivity contribution in [3.63, 3.8) is 0 Å². The van der Waals surface area contributed by atoms with E-state index in [2.05, 4.69) is 9.97 Å². The Balaban J connectivity index is 2.61. The summed E-state index contributed by atoms with van der Waals surface area (Å²) in [6.45, 7) is 0. The molecule has 0 aliphatic heterocycles. The largest absolute Gasteiger partial charge is 0.384 e. The molecule has 0 unspecified atom stereocenters. The van der Waals surface area contributed by atoms with Gasteiger partial charge in [-0.25, -0.2) is 4.98 Å². The number of fused-ring (bicyclic) bond motifs is 3. The number of rotatable bonds is 0. The van der Waals surface area contributed by atoms with Gasteiger partial charge in [-0.05, 0) is 12.1 Å². The van der Waals surface area contributed by atoms with Crippen LogP contribution >= 0.6 is 0 Å². The van der Waals surface area contributed by atoms with E-state index in [0.29, 0.717) is 5.78 Å². The Bertz CT molecular complexity index is 862. The van der Waals surface area contributed by atoms with Crippen molar-refractivity contribution in [2.45, 2.75) is 0 Å². The fourth-order valence-corrected chi connectivity index (χ4v) is 1.91. The lowest BCUT2D eigenvalue weighted by atomic mass is 10.2. The van der Waals surface area contributed by atoms with E-state index in [1.165, 1.54) is 0 Å². The van der Waals surface area contributed by atoms with E-state index in [1.54, 1.807) is 4.40 Å². The Hall–Kier alpha value is -3.12. The second kappa shape index (κ2) is 3.44. The molecule has 18 heavy (non-hydrogen) atoms. The molecule has 2 heterocycles. The van der Waals surface area contributed by atoms with Gasteiger partial charge in [0.1, 0.15) is 23.5 Å². The highest BCUT2D eigenvalue weighted by atomic mass is 15.1. The number of para-hydroxylation sites is 2. The molecule has 3 aromatic rings. The van der Waals surface area contributed by atoms with Crippen molar-refractivity contribution >= 4 is 22.6 Å². The van der Waals surface area contributed by atoms with Gasteiger partial charge in [-0.3, -0.25) is 4.40 Å². The average Bonchev–Trinajstić information content (AvgIpc) is 2.76. The maximum absolute atomic E-state index is 9.04. The molecule has 0 spiro atoms. The quantitative estimate of drug-likeness (QED) is 0.629. The molecule has 1 aromatic carbocycles. The molecular weight excluding hydrogens is 228 g/mol. The summed E-state index contributed by atoms with van der Waals surface area (Å²) in [7, 11) is 0. The van der Waals surface area contributed by atoms with Gasteiger partial charge in [0.05, 0.1) is 11.0 Å². The smallest absolute Gasteiger partial charge is 0.237 e. The predicted octanol–water partition coefficient (Wildman–Crippen LogP) is 1.21. The van der Waals surface area contributed by atoms with Crippen LogP contribution in [0.1, 0.15) is 11.3 Å². The third kappa shape index (κ3) is 1.14. The molecule has 2 aromatic heterocycles. The Kier molecular flexibility index (Phi) is 1.92. The summed E-state index contributed by atoms with van der Waals surface area (Å²) < 4.78 is 1.58. The highest BCUT2D eigenvalue weighted by Crippen LogP contribution is 2.22. The number of anilines is 1. The van der Waals surface area contributed by atoms with E-state index in [4.69, 9.17) is 16.3 Å². The van der Waals surface area contributed by atoms with Crippen LogP contribution in [0.2, 0.25) is 0 Å². The van der Waals surface area contributed by atoms with Crippen LogP contribution in [-0.2, 0) is 0 Å². The fraction of sp³-hybridized carbons (Fsp3) is 0. The fourth-order valence-electron chi connectivity index (χ4n) is 1.91. The molecule has 2 N–H and O–H groups in total. The summed E-state index contributed by atoms with van der Waals surface area (Å²) in [5.74, 6) is 0.511. The van der Waals surface area contributed by atoms with E-state index in [-0.39, 0.29) is 17.1 Å². The van der Waals surface area contributed by atoms with Gasteiger partial charge in [-0.15, -0.1) is 0 Å². The molecule has 6 nitrogen and oxygen atoms in total. The summed E-state index contributed by atoms with van der Waals surface area (Å²) in [6, 6.07) is 11.1. The normalized spacial score (nSPS) is 10.3. The number of hydrogen-bond acceptors (Lipinski definition) is 5. The summed E-state index contributed by atoms with van der Waals surface area (Å²) in [6.07, 6.45) is 0. The molecule has 0 amide bonds. The number of aromatic nitrogens is 3. The minimum Gasteiger partial charge on any atom is -0.384 e. The second-order valence-corrected chi connectivity index (χ2v) is 3.68. The first-order valence-corrected chi connectivity index (χ1v) is 5.13. The van der Waals surface area contributed by atoms with Crippen LogP contribution in [0, 0.1) is 22.7 Å².